The van der Waals surface area contributed by atoms with Gasteiger partial charge in [0, 0.05) is 11.6 Å². The molecule has 0 amide bonds. The summed E-state index contributed by atoms with van der Waals surface area (Å²) in [5.74, 6) is 1.92. The van der Waals surface area contributed by atoms with Gasteiger partial charge in [0.1, 0.15) is 5.75 Å². The first-order chi connectivity index (χ1) is 13.3. The van der Waals surface area contributed by atoms with Crippen molar-refractivity contribution in [3.8, 4) is 16.9 Å². The Morgan fingerprint density at radius 3 is 2.63 bits per heavy atom. The monoisotopic (exact) mass is 353 g/mol. The molecule has 134 valence electrons. The molecule has 1 heterocycles. The zero-order chi connectivity index (χ0) is 18.2. The third-order valence-corrected chi connectivity index (χ3v) is 5.92. The predicted molar refractivity (Wildman–Crippen MR) is 111 cm³/mol. The zero-order valence-corrected chi connectivity index (χ0v) is 15.4. The standard InChI is InChI=1S/C25H23NO/c1-27-20-10-5-9-19(15-20)25-22-12-6-11-21(22)23-16-18(13-14-24(23)26-25)17-7-3-2-4-8-17/h2-11,13-16,21-22,25-26H,12H2,1H3/t21-,22+,25-/m0/s1. The Morgan fingerprint density at radius 1 is 0.889 bits per heavy atom. The summed E-state index contributed by atoms with van der Waals surface area (Å²) >= 11 is 0. The molecule has 0 radical (unpaired) electrons. The van der Waals surface area contributed by atoms with Gasteiger partial charge >= 0.3 is 0 Å². The molecule has 1 aliphatic heterocycles. The lowest BCUT2D eigenvalue weighted by molar-refractivity contribution is 0.406. The van der Waals surface area contributed by atoms with E-state index in [9.17, 15) is 0 Å². The number of hydrogen-bond acceptors (Lipinski definition) is 2. The first kappa shape index (κ1) is 16.2. The Morgan fingerprint density at radius 2 is 1.78 bits per heavy atom. The van der Waals surface area contributed by atoms with E-state index in [1.807, 2.05) is 6.07 Å². The summed E-state index contributed by atoms with van der Waals surface area (Å²) in [7, 11) is 1.73. The van der Waals surface area contributed by atoms with Crippen LogP contribution in [0.25, 0.3) is 11.1 Å². The summed E-state index contributed by atoms with van der Waals surface area (Å²) in [5.41, 5.74) is 6.51. The molecular weight excluding hydrogens is 330 g/mol. The molecule has 0 saturated heterocycles. The third kappa shape index (κ3) is 2.82. The average Bonchev–Trinajstić information content (AvgIpc) is 3.24. The highest BCUT2D eigenvalue weighted by molar-refractivity contribution is 5.71. The van der Waals surface area contributed by atoms with Crippen LogP contribution in [0.15, 0.2) is 84.9 Å². The van der Waals surface area contributed by atoms with Gasteiger partial charge < -0.3 is 10.1 Å². The van der Waals surface area contributed by atoms with Gasteiger partial charge in [-0.2, -0.15) is 0 Å². The van der Waals surface area contributed by atoms with Gasteiger partial charge in [0.25, 0.3) is 0 Å². The Balaban J connectivity index is 1.55. The Labute approximate surface area is 160 Å². The highest BCUT2D eigenvalue weighted by atomic mass is 16.5. The minimum absolute atomic E-state index is 0.301. The number of benzene rings is 3. The lowest BCUT2D eigenvalue weighted by atomic mass is 9.76. The van der Waals surface area contributed by atoms with Crippen molar-refractivity contribution in [3.63, 3.8) is 0 Å². The molecular formula is C25H23NO. The molecule has 2 nitrogen and oxygen atoms in total. The molecule has 27 heavy (non-hydrogen) atoms. The number of hydrogen-bond donors (Lipinski definition) is 1. The second-order valence-corrected chi connectivity index (χ2v) is 7.42. The van der Waals surface area contributed by atoms with Gasteiger partial charge in [-0.1, -0.05) is 60.7 Å². The summed E-state index contributed by atoms with van der Waals surface area (Å²) in [4.78, 5) is 0. The van der Waals surface area contributed by atoms with Crippen LogP contribution in [-0.2, 0) is 0 Å². The second-order valence-electron chi connectivity index (χ2n) is 7.42. The molecule has 3 atom stereocenters. The van der Waals surface area contributed by atoms with E-state index in [2.05, 4.69) is 84.2 Å². The Kier molecular flexibility index (Phi) is 3.97. The van der Waals surface area contributed by atoms with Crippen LogP contribution in [0.5, 0.6) is 5.75 Å². The quantitative estimate of drug-likeness (QED) is 0.567. The number of ether oxygens (including phenoxy) is 1. The molecule has 0 bridgehead atoms. The largest absolute Gasteiger partial charge is 0.497 e. The molecule has 3 aromatic carbocycles. The van der Waals surface area contributed by atoms with Crippen molar-refractivity contribution in [2.24, 2.45) is 5.92 Å². The van der Waals surface area contributed by atoms with Gasteiger partial charge in [-0.15, -0.1) is 0 Å². The van der Waals surface area contributed by atoms with Crippen LogP contribution in [0.2, 0.25) is 0 Å². The van der Waals surface area contributed by atoms with Gasteiger partial charge in [0.15, 0.2) is 0 Å². The van der Waals surface area contributed by atoms with Crippen molar-refractivity contribution >= 4 is 5.69 Å². The summed E-state index contributed by atoms with van der Waals surface area (Å²) in [6.07, 6.45) is 5.84. The van der Waals surface area contributed by atoms with Gasteiger partial charge in [0.2, 0.25) is 0 Å². The number of allylic oxidation sites excluding steroid dienone is 2. The zero-order valence-electron chi connectivity index (χ0n) is 15.4. The summed E-state index contributed by atoms with van der Waals surface area (Å²) in [5, 5.41) is 3.82. The van der Waals surface area contributed by atoms with E-state index in [-0.39, 0.29) is 0 Å². The first-order valence-electron chi connectivity index (χ1n) is 9.60. The van der Waals surface area contributed by atoms with Crippen molar-refractivity contribution in [2.45, 2.75) is 18.4 Å². The number of anilines is 1. The minimum atomic E-state index is 0.301. The normalized spacial score (nSPS) is 22.6. The maximum Gasteiger partial charge on any atom is 0.119 e. The van der Waals surface area contributed by atoms with Crippen molar-refractivity contribution in [1.29, 1.82) is 0 Å². The number of methoxy groups -OCH3 is 1. The molecule has 3 aromatic rings. The fraction of sp³-hybridized carbons (Fsp3) is 0.200. The van der Waals surface area contributed by atoms with Gasteiger partial charge in [0.05, 0.1) is 13.2 Å². The lowest BCUT2D eigenvalue weighted by Gasteiger charge is -2.38. The van der Waals surface area contributed by atoms with E-state index in [1.165, 1.54) is 27.9 Å². The smallest absolute Gasteiger partial charge is 0.119 e. The molecule has 1 aliphatic carbocycles. The number of nitrogens with one attached hydrogen (secondary N) is 1. The molecule has 5 rings (SSSR count). The Bertz CT molecular complexity index is 992. The molecule has 0 saturated carbocycles. The van der Waals surface area contributed by atoms with E-state index in [0.717, 1.165) is 12.2 Å². The fourth-order valence-electron chi connectivity index (χ4n) is 4.57. The minimum Gasteiger partial charge on any atom is -0.497 e. The topological polar surface area (TPSA) is 21.3 Å². The molecule has 0 fully saturated rings. The van der Waals surface area contributed by atoms with Crippen molar-refractivity contribution in [2.75, 3.05) is 12.4 Å². The van der Waals surface area contributed by atoms with Gasteiger partial charge in [-0.05, 0) is 58.9 Å². The van der Waals surface area contributed by atoms with Crippen LogP contribution < -0.4 is 10.1 Å². The maximum absolute atomic E-state index is 5.45. The van der Waals surface area contributed by atoms with E-state index in [0.29, 0.717) is 17.9 Å². The van der Waals surface area contributed by atoms with Gasteiger partial charge in [-0.3, -0.25) is 0 Å². The fourth-order valence-corrected chi connectivity index (χ4v) is 4.57. The van der Waals surface area contributed by atoms with Crippen LogP contribution in [0.3, 0.4) is 0 Å². The van der Waals surface area contributed by atoms with Crippen LogP contribution in [0.4, 0.5) is 5.69 Å². The van der Waals surface area contributed by atoms with E-state index in [4.69, 9.17) is 4.74 Å². The number of rotatable bonds is 3. The number of fused-ring (bicyclic) bond motifs is 3. The van der Waals surface area contributed by atoms with E-state index < -0.39 is 0 Å². The molecule has 2 aliphatic rings. The van der Waals surface area contributed by atoms with Crippen LogP contribution in [-0.4, -0.2) is 7.11 Å². The van der Waals surface area contributed by atoms with Crippen molar-refractivity contribution in [3.05, 3.63) is 96.1 Å². The second kappa shape index (κ2) is 6.62. The Hall–Kier alpha value is -3.00. The van der Waals surface area contributed by atoms with Crippen molar-refractivity contribution < 1.29 is 4.74 Å². The van der Waals surface area contributed by atoms with E-state index in [1.54, 1.807) is 7.11 Å². The highest BCUT2D eigenvalue weighted by Crippen LogP contribution is 2.50. The van der Waals surface area contributed by atoms with E-state index >= 15 is 0 Å². The SMILES string of the molecule is COc1cccc([C@@H]2Nc3ccc(-c4ccccc4)cc3[C@H]3C=CC[C@H]32)c1. The molecule has 2 heteroatoms. The summed E-state index contributed by atoms with van der Waals surface area (Å²) in [6.45, 7) is 0. The molecule has 0 spiro atoms. The van der Waals surface area contributed by atoms with Gasteiger partial charge in [-0.25, -0.2) is 0 Å². The first-order valence-corrected chi connectivity index (χ1v) is 9.60. The van der Waals surface area contributed by atoms with Crippen LogP contribution >= 0.6 is 0 Å². The van der Waals surface area contributed by atoms with Crippen molar-refractivity contribution in [1.82, 2.24) is 0 Å². The van der Waals surface area contributed by atoms with Crippen LogP contribution in [0, 0.1) is 5.92 Å². The summed E-state index contributed by atoms with van der Waals surface area (Å²) in [6, 6.07) is 26.2. The predicted octanol–water partition coefficient (Wildman–Crippen LogP) is 6.19. The maximum atomic E-state index is 5.45. The average molecular weight is 353 g/mol. The molecule has 1 N–H and O–H groups in total. The van der Waals surface area contributed by atoms with Crippen LogP contribution in [0.1, 0.15) is 29.5 Å². The lowest BCUT2D eigenvalue weighted by Crippen LogP contribution is -2.29. The highest BCUT2D eigenvalue weighted by Gasteiger charge is 2.38. The molecule has 0 aromatic heterocycles. The third-order valence-electron chi connectivity index (χ3n) is 5.92. The summed E-state index contributed by atoms with van der Waals surface area (Å²) < 4.78 is 5.45. The molecule has 0 unspecified atom stereocenters.